The zero-order valence-electron chi connectivity index (χ0n) is 9.60. The molecule has 0 fully saturated rings. The minimum atomic E-state index is -0.161. The van der Waals surface area contributed by atoms with E-state index in [1.807, 2.05) is 6.08 Å². The van der Waals surface area contributed by atoms with Crippen LogP contribution in [0.1, 0.15) is 18.9 Å². The van der Waals surface area contributed by atoms with Crippen LogP contribution in [0.5, 0.6) is 11.5 Å². The maximum atomic E-state index is 11.3. The highest BCUT2D eigenvalue weighted by atomic mass is 16.3. The molecule has 3 N–H and O–H groups in total. The number of phenols is 2. The van der Waals surface area contributed by atoms with E-state index in [0.29, 0.717) is 13.0 Å². The van der Waals surface area contributed by atoms with E-state index < -0.39 is 0 Å². The Morgan fingerprint density at radius 1 is 1.35 bits per heavy atom. The van der Waals surface area contributed by atoms with E-state index in [4.69, 9.17) is 0 Å². The van der Waals surface area contributed by atoms with Crippen LogP contribution < -0.4 is 5.32 Å². The molecule has 1 atom stereocenters. The summed E-state index contributed by atoms with van der Waals surface area (Å²) in [4.78, 5) is 11.3. The highest BCUT2D eigenvalue weighted by molar-refractivity contribution is 5.85. The quantitative estimate of drug-likeness (QED) is 0.676. The normalized spacial score (nSPS) is 19.8. The third-order valence-corrected chi connectivity index (χ3v) is 2.97. The lowest BCUT2D eigenvalue weighted by molar-refractivity contribution is -0.118. The van der Waals surface area contributed by atoms with E-state index in [2.05, 4.69) is 5.32 Å². The van der Waals surface area contributed by atoms with E-state index in [1.54, 1.807) is 13.0 Å². The van der Waals surface area contributed by atoms with Crippen molar-refractivity contribution in [2.75, 3.05) is 6.54 Å². The van der Waals surface area contributed by atoms with Gasteiger partial charge in [-0.3, -0.25) is 4.79 Å². The van der Waals surface area contributed by atoms with Gasteiger partial charge < -0.3 is 15.5 Å². The number of carbonyl (C=O) groups is 1. The first-order valence-corrected chi connectivity index (χ1v) is 5.53. The first-order chi connectivity index (χ1) is 8.08. The summed E-state index contributed by atoms with van der Waals surface area (Å²) < 4.78 is 0. The van der Waals surface area contributed by atoms with Crippen molar-refractivity contribution >= 4 is 11.4 Å². The van der Waals surface area contributed by atoms with Gasteiger partial charge in [0.25, 0.3) is 0 Å². The first-order valence-electron chi connectivity index (χ1n) is 5.53. The van der Waals surface area contributed by atoms with E-state index in [1.165, 1.54) is 12.1 Å². The Morgan fingerprint density at radius 3 is 2.76 bits per heavy atom. The summed E-state index contributed by atoms with van der Waals surface area (Å²) in [5.41, 5.74) is 1.85. The molecule has 0 amide bonds. The molecule has 0 aliphatic carbocycles. The topological polar surface area (TPSA) is 69.6 Å². The highest BCUT2D eigenvalue weighted by Gasteiger charge is 2.19. The predicted molar refractivity (Wildman–Crippen MR) is 64.8 cm³/mol. The number of Topliss-reactive ketones (excluding diaryl/α,β-unsaturated/α-hetero) is 1. The summed E-state index contributed by atoms with van der Waals surface area (Å²) >= 11 is 0. The molecule has 90 valence electrons. The van der Waals surface area contributed by atoms with Crippen molar-refractivity contribution in [1.82, 2.24) is 5.32 Å². The van der Waals surface area contributed by atoms with Crippen molar-refractivity contribution in [2.24, 2.45) is 0 Å². The zero-order valence-corrected chi connectivity index (χ0v) is 9.60. The zero-order chi connectivity index (χ0) is 12.4. The molecule has 0 bridgehead atoms. The summed E-state index contributed by atoms with van der Waals surface area (Å²) in [6, 6.07) is 4.55. The molecule has 1 unspecified atom stereocenters. The molecule has 1 aliphatic rings. The van der Waals surface area contributed by atoms with Crippen molar-refractivity contribution in [2.45, 2.75) is 19.4 Å². The van der Waals surface area contributed by atoms with Gasteiger partial charge in [-0.15, -0.1) is 0 Å². The standard InChI is InChI=1S/C13H15NO3/c1-8(15)11-6-10(4-5-14-11)9-2-3-12(16)13(17)7-9/h2-4,7,11,14,16-17H,5-6H2,1H3. The van der Waals surface area contributed by atoms with Crippen LogP contribution in [0.15, 0.2) is 24.3 Å². The second kappa shape index (κ2) is 4.59. The van der Waals surface area contributed by atoms with E-state index in [9.17, 15) is 15.0 Å². The molecule has 0 aromatic heterocycles. The van der Waals surface area contributed by atoms with Crippen LogP contribution in [0, 0.1) is 0 Å². The molecule has 0 radical (unpaired) electrons. The summed E-state index contributed by atoms with van der Waals surface area (Å²) in [6.45, 7) is 2.20. The SMILES string of the molecule is CC(=O)C1CC(c2ccc(O)c(O)c2)=CCN1. The highest BCUT2D eigenvalue weighted by Crippen LogP contribution is 2.30. The van der Waals surface area contributed by atoms with Gasteiger partial charge >= 0.3 is 0 Å². The molecule has 1 aromatic carbocycles. The molecule has 0 saturated carbocycles. The number of phenolic OH excluding ortho intramolecular Hbond substituents is 2. The number of rotatable bonds is 2. The fourth-order valence-corrected chi connectivity index (χ4v) is 1.95. The van der Waals surface area contributed by atoms with Gasteiger partial charge in [0.05, 0.1) is 6.04 Å². The fraction of sp³-hybridized carbons (Fsp3) is 0.308. The van der Waals surface area contributed by atoms with Gasteiger partial charge in [-0.05, 0) is 36.6 Å². The molecule has 0 spiro atoms. The predicted octanol–water partition coefficient (Wildman–Crippen LogP) is 1.43. The average molecular weight is 233 g/mol. The van der Waals surface area contributed by atoms with Crippen LogP contribution in [0.3, 0.4) is 0 Å². The molecule has 0 saturated heterocycles. The molecular weight excluding hydrogens is 218 g/mol. The van der Waals surface area contributed by atoms with Crippen molar-refractivity contribution < 1.29 is 15.0 Å². The number of aromatic hydroxyl groups is 2. The Bertz CT molecular complexity index is 480. The summed E-state index contributed by atoms with van der Waals surface area (Å²) in [5, 5.41) is 21.8. The van der Waals surface area contributed by atoms with Gasteiger partial charge in [-0.1, -0.05) is 12.1 Å². The van der Waals surface area contributed by atoms with Crippen LogP contribution in [-0.2, 0) is 4.79 Å². The van der Waals surface area contributed by atoms with Crippen molar-refractivity contribution in [1.29, 1.82) is 0 Å². The lowest BCUT2D eigenvalue weighted by Gasteiger charge is -2.22. The second-order valence-corrected chi connectivity index (χ2v) is 4.21. The summed E-state index contributed by atoms with van der Waals surface area (Å²) in [7, 11) is 0. The molecule has 17 heavy (non-hydrogen) atoms. The average Bonchev–Trinajstić information content (AvgIpc) is 2.33. The lowest BCUT2D eigenvalue weighted by atomic mass is 9.93. The number of hydrogen-bond donors (Lipinski definition) is 3. The maximum absolute atomic E-state index is 11.3. The molecule has 1 aliphatic heterocycles. The number of nitrogens with one attached hydrogen (secondary N) is 1. The van der Waals surface area contributed by atoms with Crippen molar-refractivity contribution in [3.8, 4) is 11.5 Å². The van der Waals surface area contributed by atoms with Crippen LogP contribution in [-0.4, -0.2) is 28.6 Å². The van der Waals surface area contributed by atoms with Gasteiger partial charge in [0.1, 0.15) is 5.78 Å². The number of hydrogen-bond acceptors (Lipinski definition) is 4. The molecule has 4 nitrogen and oxygen atoms in total. The Hall–Kier alpha value is -1.81. The third kappa shape index (κ3) is 2.47. The summed E-state index contributed by atoms with van der Waals surface area (Å²) in [5.74, 6) is -0.161. The van der Waals surface area contributed by atoms with E-state index >= 15 is 0 Å². The monoisotopic (exact) mass is 233 g/mol. The minimum absolute atomic E-state index is 0.110. The smallest absolute Gasteiger partial charge is 0.157 e. The van der Waals surface area contributed by atoms with Crippen LogP contribution in [0.25, 0.3) is 5.57 Å². The van der Waals surface area contributed by atoms with E-state index in [0.717, 1.165) is 11.1 Å². The maximum Gasteiger partial charge on any atom is 0.157 e. The Labute approximate surface area is 99.6 Å². The largest absolute Gasteiger partial charge is 0.504 e. The number of ketones is 1. The van der Waals surface area contributed by atoms with Crippen LogP contribution in [0.2, 0.25) is 0 Å². The van der Waals surface area contributed by atoms with Gasteiger partial charge in [-0.2, -0.15) is 0 Å². The van der Waals surface area contributed by atoms with Gasteiger partial charge in [-0.25, -0.2) is 0 Å². The Balaban J connectivity index is 2.25. The Kier molecular flexibility index (Phi) is 3.15. The molecule has 1 aromatic rings. The summed E-state index contributed by atoms with van der Waals surface area (Å²) in [6.07, 6.45) is 2.60. The Morgan fingerprint density at radius 2 is 2.12 bits per heavy atom. The van der Waals surface area contributed by atoms with Gasteiger partial charge in [0.2, 0.25) is 0 Å². The molecule has 2 rings (SSSR count). The third-order valence-electron chi connectivity index (χ3n) is 2.97. The number of benzene rings is 1. The lowest BCUT2D eigenvalue weighted by Crippen LogP contribution is -2.38. The minimum Gasteiger partial charge on any atom is -0.504 e. The van der Waals surface area contributed by atoms with E-state index in [-0.39, 0.29) is 23.3 Å². The van der Waals surface area contributed by atoms with Crippen LogP contribution >= 0.6 is 0 Å². The molecule has 4 heteroatoms. The van der Waals surface area contributed by atoms with Crippen molar-refractivity contribution in [3.05, 3.63) is 29.8 Å². The van der Waals surface area contributed by atoms with Crippen LogP contribution in [0.4, 0.5) is 0 Å². The molecule has 1 heterocycles. The number of carbonyl (C=O) groups excluding carboxylic acids is 1. The van der Waals surface area contributed by atoms with Gasteiger partial charge in [0.15, 0.2) is 11.5 Å². The second-order valence-electron chi connectivity index (χ2n) is 4.21. The first kappa shape index (κ1) is 11.7. The van der Waals surface area contributed by atoms with Crippen molar-refractivity contribution in [3.63, 3.8) is 0 Å². The van der Waals surface area contributed by atoms with Gasteiger partial charge in [0, 0.05) is 6.54 Å². The fourth-order valence-electron chi connectivity index (χ4n) is 1.95. The molecular formula is C13H15NO3.